The molecular formula is C26H24N4O4S. The van der Waals surface area contributed by atoms with Crippen molar-refractivity contribution >= 4 is 33.1 Å². The Morgan fingerprint density at radius 2 is 1.89 bits per heavy atom. The summed E-state index contributed by atoms with van der Waals surface area (Å²) in [6.07, 6.45) is 1.50. The molecule has 2 aromatic heterocycles. The van der Waals surface area contributed by atoms with Crippen LogP contribution in [0.2, 0.25) is 0 Å². The molecule has 0 bridgehead atoms. The molecule has 1 saturated heterocycles. The van der Waals surface area contributed by atoms with Crippen LogP contribution in [0.5, 0.6) is 11.5 Å². The lowest BCUT2D eigenvalue weighted by atomic mass is 9.95. The number of amides is 1. The van der Waals surface area contributed by atoms with Crippen LogP contribution in [-0.2, 0) is 11.3 Å². The number of nitrogens with one attached hydrogen (secondary N) is 2. The van der Waals surface area contributed by atoms with Crippen molar-refractivity contribution in [2.45, 2.75) is 19.4 Å². The van der Waals surface area contributed by atoms with Gasteiger partial charge in [-0.2, -0.15) is 0 Å². The zero-order chi connectivity index (χ0) is 23.8. The molecule has 0 spiro atoms. The van der Waals surface area contributed by atoms with Crippen molar-refractivity contribution in [3.63, 3.8) is 0 Å². The Morgan fingerprint density at radius 3 is 2.71 bits per heavy atom. The lowest BCUT2D eigenvalue weighted by molar-refractivity contribution is -0.121. The largest absolute Gasteiger partial charge is 0.454 e. The molecule has 2 aromatic carbocycles. The third-order valence-electron chi connectivity index (χ3n) is 6.48. The Kier molecular flexibility index (Phi) is 5.71. The van der Waals surface area contributed by atoms with Gasteiger partial charge in [0, 0.05) is 22.5 Å². The van der Waals surface area contributed by atoms with E-state index in [9.17, 15) is 9.59 Å². The van der Waals surface area contributed by atoms with Gasteiger partial charge in [0.2, 0.25) is 12.7 Å². The van der Waals surface area contributed by atoms with Gasteiger partial charge >= 0.3 is 0 Å². The van der Waals surface area contributed by atoms with Gasteiger partial charge in [-0.25, -0.2) is 4.98 Å². The predicted octanol–water partition coefficient (Wildman–Crippen LogP) is 4.23. The number of anilines is 1. The number of aromatic amines is 1. The number of piperidine rings is 1. The van der Waals surface area contributed by atoms with Gasteiger partial charge < -0.3 is 19.8 Å². The summed E-state index contributed by atoms with van der Waals surface area (Å²) >= 11 is 1.53. The summed E-state index contributed by atoms with van der Waals surface area (Å²) in [4.78, 5) is 37.2. The van der Waals surface area contributed by atoms with Crippen LogP contribution >= 0.6 is 11.3 Å². The first-order valence-corrected chi connectivity index (χ1v) is 12.4. The first kappa shape index (κ1) is 21.8. The number of benzene rings is 2. The Labute approximate surface area is 205 Å². The fourth-order valence-corrected chi connectivity index (χ4v) is 5.64. The average molecular weight is 489 g/mol. The predicted molar refractivity (Wildman–Crippen MR) is 135 cm³/mol. The molecule has 4 heterocycles. The van der Waals surface area contributed by atoms with Crippen LogP contribution in [0.25, 0.3) is 20.7 Å². The number of hydrogen-bond acceptors (Lipinski definition) is 7. The van der Waals surface area contributed by atoms with E-state index in [4.69, 9.17) is 14.5 Å². The number of fused-ring (bicyclic) bond motifs is 2. The highest BCUT2D eigenvalue weighted by molar-refractivity contribution is 7.21. The summed E-state index contributed by atoms with van der Waals surface area (Å²) < 4.78 is 10.7. The number of ether oxygens (including phenoxy) is 2. The van der Waals surface area contributed by atoms with Crippen molar-refractivity contribution < 1.29 is 14.3 Å². The number of nitrogens with zero attached hydrogens (tertiary/aromatic N) is 2. The Hall–Kier alpha value is -3.69. The maximum Gasteiger partial charge on any atom is 0.259 e. The first-order valence-electron chi connectivity index (χ1n) is 11.6. The standard InChI is InChI=1S/C26H24N4O4S/c31-24(27-18-6-7-20-21(12-18)34-15-33-20)17-8-10-30(11-9-17)14-23-28-25(32)19-13-22(35-26(19)29-23)16-4-2-1-3-5-16/h1-7,12-13,17H,8-11,14-15H2,(H,27,31)(H,28,29,32). The lowest BCUT2D eigenvalue weighted by Gasteiger charge is -2.30. The highest BCUT2D eigenvalue weighted by Gasteiger charge is 2.26. The molecule has 2 aliphatic rings. The molecule has 35 heavy (non-hydrogen) atoms. The van der Waals surface area contributed by atoms with Crippen LogP contribution in [0, 0.1) is 5.92 Å². The van der Waals surface area contributed by atoms with Gasteiger partial charge in [-0.1, -0.05) is 30.3 Å². The highest BCUT2D eigenvalue weighted by Crippen LogP contribution is 2.35. The smallest absolute Gasteiger partial charge is 0.259 e. The number of hydrogen-bond donors (Lipinski definition) is 2. The van der Waals surface area contributed by atoms with E-state index >= 15 is 0 Å². The molecule has 9 heteroatoms. The quantitative estimate of drug-likeness (QED) is 0.436. The second-order valence-electron chi connectivity index (χ2n) is 8.82. The topological polar surface area (TPSA) is 96.6 Å². The van der Waals surface area contributed by atoms with E-state index in [1.807, 2.05) is 48.5 Å². The van der Waals surface area contributed by atoms with Crippen molar-refractivity contribution in [1.82, 2.24) is 14.9 Å². The van der Waals surface area contributed by atoms with E-state index in [2.05, 4.69) is 15.2 Å². The molecule has 0 unspecified atom stereocenters. The normalized spacial score (nSPS) is 16.0. The fourth-order valence-electron chi connectivity index (χ4n) is 4.58. The maximum absolute atomic E-state index is 12.8. The number of carbonyl (C=O) groups excluding carboxylic acids is 1. The molecule has 2 aliphatic heterocycles. The minimum absolute atomic E-state index is 0.0171. The summed E-state index contributed by atoms with van der Waals surface area (Å²) in [5, 5.41) is 3.62. The Bertz CT molecular complexity index is 1440. The monoisotopic (exact) mass is 488 g/mol. The zero-order valence-corrected chi connectivity index (χ0v) is 19.8. The van der Waals surface area contributed by atoms with Gasteiger partial charge in [0.25, 0.3) is 5.56 Å². The SMILES string of the molecule is O=C(Nc1ccc2c(c1)OCO2)C1CCN(Cc2nc3sc(-c4ccccc4)cc3c(=O)[nH]2)CC1. The molecule has 0 atom stereocenters. The minimum Gasteiger partial charge on any atom is -0.454 e. The lowest BCUT2D eigenvalue weighted by Crippen LogP contribution is -2.38. The van der Waals surface area contributed by atoms with Crippen LogP contribution in [0.15, 0.2) is 59.4 Å². The number of H-pyrrole nitrogens is 1. The number of aromatic nitrogens is 2. The minimum atomic E-state index is -0.110. The van der Waals surface area contributed by atoms with Crippen LogP contribution in [0.4, 0.5) is 5.69 Å². The second kappa shape index (κ2) is 9.16. The van der Waals surface area contributed by atoms with Crippen molar-refractivity contribution in [2.24, 2.45) is 5.92 Å². The third-order valence-corrected chi connectivity index (χ3v) is 7.56. The molecule has 4 aromatic rings. The number of rotatable bonds is 5. The van der Waals surface area contributed by atoms with E-state index in [-0.39, 0.29) is 24.2 Å². The summed E-state index contributed by atoms with van der Waals surface area (Å²) in [5.74, 6) is 1.96. The Balaban J connectivity index is 1.08. The van der Waals surface area contributed by atoms with Gasteiger partial charge in [0.05, 0.1) is 11.9 Å². The van der Waals surface area contributed by atoms with Crippen LogP contribution in [-0.4, -0.2) is 40.7 Å². The maximum atomic E-state index is 12.8. The Morgan fingerprint density at radius 1 is 1.09 bits per heavy atom. The summed E-state index contributed by atoms with van der Waals surface area (Å²) in [5.41, 5.74) is 1.68. The average Bonchev–Trinajstić information content (AvgIpc) is 3.52. The fraction of sp³-hybridized carbons (Fsp3) is 0.269. The molecular weight excluding hydrogens is 464 g/mol. The second-order valence-corrected chi connectivity index (χ2v) is 9.85. The molecule has 8 nitrogen and oxygen atoms in total. The zero-order valence-electron chi connectivity index (χ0n) is 19.0. The number of thiophene rings is 1. The molecule has 2 N–H and O–H groups in total. The van der Waals surface area contributed by atoms with Gasteiger partial charge in [-0.05, 0) is 49.7 Å². The molecule has 1 amide bonds. The molecule has 6 rings (SSSR count). The van der Waals surface area contributed by atoms with Crippen molar-refractivity contribution in [1.29, 1.82) is 0 Å². The van der Waals surface area contributed by atoms with Crippen molar-refractivity contribution in [3.8, 4) is 21.9 Å². The van der Waals surface area contributed by atoms with Crippen molar-refractivity contribution in [2.75, 3.05) is 25.2 Å². The van der Waals surface area contributed by atoms with Crippen LogP contribution in [0.3, 0.4) is 0 Å². The van der Waals surface area contributed by atoms with Gasteiger partial charge in [0.15, 0.2) is 11.5 Å². The van der Waals surface area contributed by atoms with Gasteiger partial charge in [-0.15, -0.1) is 11.3 Å². The van der Waals surface area contributed by atoms with Gasteiger partial charge in [0.1, 0.15) is 10.7 Å². The summed E-state index contributed by atoms with van der Waals surface area (Å²) in [6, 6.07) is 17.4. The number of carbonyl (C=O) groups is 1. The summed E-state index contributed by atoms with van der Waals surface area (Å²) in [7, 11) is 0. The third kappa shape index (κ3) is 4.52. The van der Waals surface area contributed by atoms with E-state index in [0.29, 0.717) is 34.9 Å². The summed E-state index contributed by atoms with van der Waals surface area (Å²) in [6.45, 7) is 2.29. The molecule has 178 valence electrons. The molecule has 0 aliphatic carbocycles. The van der Waals surface area contributed by atoms with E-state index in [1.165, 1.54) is 11.3 Å². The van der Waals surface area contributed by atoms with Crippen LogP contribution in [0.1, 0.15) is 18.7 Å². The van der Waals surface area contributed by atoms with E-state index in [1.54, 1.807) is 6.07 Å². The first-order chi connectivity index (χ1) is 17.1. The van der Waals surface area contributed by atoms with E-state index in [0.717, 1.165) is 41.2 Å². The molecule has 0 saturated carbocycles. The molecule has 1 fully saturated rings. The van der Waals surface area contributed by atoms with Gasteiger partial charge in [-0.3, -0.25) is 14.5 Å². The molecule has 0 radical (unpaired) electrons. The van der Waals surface area contributed by atoms with Crippen LogP contribution < -0.4 is 20.3 Å². The highest BCUT2D eigenvalue weighted by atomic mass is 32.1. The number of likely N-dealkylation sites (tertiary alicyclic amines) is 1. The van der Waals surface area contributed by atoms with Crippen molar-refractivity contribution in [3.05, 3.63) is 70.8 Å². The van der Waals surface area contributed by atoms with E-state index < -0.39 is 0 Å².